The lowest BCUT2D eigenvalue weighted by molar-refractivity contribution is 0.102. The van der Waals surface area contributed by atoms with Gasteiger partial charge >= 0.3 is 0 Å². The van der Waals surface area contributed by atoms with Crippen LogP contribution in [0.15, 0.2) is 70.1 Å². The van der Waals surface area contributed by atoms with Crippen molar-refractivity contribution in [1.29, 1.82) is 0 Å². The van der Waals surface area contributed by atoms with Crippen molar-refractivity contribution in [2.45, 2.75) is 18.7 Å². The van der Waals surface area contributed by atoms with Crippen molar-refractivity contribution >= 4 is 23.4 Å². The minimum absolute atomic E-state index is 0.160. The predicted octanol–water partition coefficient (Wildman–Crippen LogP) is 5.59. The Labute approximate surface area is 209 Å². The first-order valence-electron chi connectivity index (χ1n) is 11.3. The summed E-state index contributed by atoms with van der Waals surface area (Å²) < 4.78 is 10.5. The lowest BCUT2D eigenvalue weighted by Crippen LogP contribution is -2.12. The van der Waals surface area contributed by atoms with Crippen LogP contribution in [-0.2, 0) is 0 Å². The second-order valence-corrected chi connectivity index (χ2v) is 9.15. The number of carbonyl (C=O) groups excluding carboxylic acids is 1. The van der Waals surface area contributed by atoms with Gasteiger partial charge in [0.25, 0.3) is 5.91 Å². The number of carbonyl (C=O) groups is 1. The second kappa shape index (κ2) is 11.2. The summed E-state index contributed by atoms with van der Waals surface area (Å²) in [5, 5.41) is 10.1. The molecule has 0 fully saturated rings. The van der Waals surface area contributed by atoms with E-state index in [-0.39, 0.29) is 5.91 Å². The number of thioether (sulfide) groups is 1. The molecule has 0 bridgehead atoms. The maximum absolute atomic E-state index is 12.9. The Balaban J connectivity index is 1.47. The summed E-state index contributed by atoms with van der Waals surface area (Å²) in [5.41, 5.74) is 5.42. The Bertz CT molecular complexity index is 1320. The number of anilines is 1. The van der Waals surface area contributed by atoms with Crippen LogP contribution in [0.3, 0.4) is 0 Å². The van der Waals surface area contributed by atoms with Crippen LogP contribution in [0.1, 0.15) is 21.8 Å². The van der Waals surface area contributed by atoms with Crippen molar-refractivity contribution in [3.63, 3.8) is 0 Å². The molecule has 4 aromatic rings. The third kappa shape index (κ3) is 5.90. The fourth-order valence-electron chi connectivity index (χ4n) is 3.68. The first-order valence-corrected chi connectivity index (χ1v) is 12.3. The molecule has 35 heavy (non-hydrogen) atoms. The maximum atomic E-state index is 12.9. The maximum Gasteiger partial charge on any atom is 0.255 e. The van der Waals surface area contributed by atoms with E-state index in [1.807, 2.05) is 74.6 Å². The molecule has 0 spiro atoms. The van der Waals surface area contributed by atoms with Crippen molar-refractivity contribution in [2.75, 3.05) is 31.8 Å². The van der Waals surface area contributed by atoms with Gasteiger partial charge in [-0.2, -0.15) is 4.98 Å². The van der Waals surface area contributed by atoms with E-state index in [9.17, 15) is 4.79 Å². The van der Waals surface area contributed by atoms with Gasteiger partial charge in [-0.15, -0.1) is 11.8 Å². The number of nitrogens with one attached hydrogen (secondary N) is 2. The normalized spacial score (nSPS) is 10.9. The molecular formula is C27H28N4O3S. The number of rotatable bonds is 9. The van der Waals surface area contributed by atoms with Gasteiger partial charge in [-0.25, -0.2) is 0 Å². The van der Waals surface area contributed by atoms with Gasteiger partial charge in [0.15, 0.2) is 0 Å². The third-order valence-corrected chi connectivity index (χ3v) is 6.54. The minimum Gasteiger partial charge on any atom is -0.496 e. The summed E-state index contributed by atoms with van der Waals surface area (Å²) in [7, 11) is 3.58. The smallest absolute Gasteiger partial charge is 0.255 e. The molecule has 4 rings (SSSR count). The molecule has 3 aromatic carbocycles. The number of aromatic nitrogens is 2. The number of amides is 1. The van der Waals surface area contributed by atoms with E-state index in [0.717, 1.165) is 50.9 Å². The number of nitrogens with zero attached hydrogens (tertiary/aromatic N) is 2. The van der Waals surface area contributed by atoms with Gasteiger partial charge in [-0.1, -0.05) is 29.4 Å². The van der Waals surface area contributed by atoms with Crippen LogP contribution >= 0.6 is 11.8 Å². The van der Waals surface area contributed by atoms with Crippen molar-refractivity contribution in [3.05, 3.63) is 77.7 Å². The Hall–Kier alpha value is -3.62. The van der Waals surface area contributed by atoms with Gasteiger partial charge in [0, 0.05) is 36.0 Å². The van der Waals surface area contributed by atoms with E-state index in [1.165, 1.54) is 0 Å². The summed E-state index contributed by atoms with van der Waals surface area (Å²) in [4.78, 5) is 18.2. The standard InChI is InChI=1S/C27H28N4O3S/c1-17-15-21(26-29-18(2)34-31-26)9-11-23(17)19-5-7-20(8-6-19)27(32)30-22-10-12-24(33-4)25(16-22)35-14-13-28-3/h5-12,15-16,28H,13-14H2,1-4H3,(H,30,32). The highest BCUT2D eigenvalue weighted by atomic mass is 32.2. The highest BCUT2D eigenvalue weighted by molar-refractivity contribution is 7.99. The van der Waals surface area contributed by atoms with E-state index in [4.69, 9.17) is 9.26 Å². The van der Waals surface area contributed by atoms with Crippen LogP contribution in [0.5, 0.6) is 5.75 Å². The molecule has 0 aliphatic heterocycles. The van der Waals surface area contributed by atoms with Crippen LogP contribution < -0.4 is 15.4 Å². The highest BCUT2D eigenvalue weighted by Crippen LogP contribution is 2.32. The molecule has 1 aromatic heterocycles. The van der Waals surface area contributed by atoms with Crippen LogP contribution in [0.4, 0.5) is 5.69 Å². The molecule has 7 nitrogen and oxygen atoms in total. The predicted molar refractivity (Wildman–Crippen MR) is 140 cm³/mol. The average Bonchev–Trinajstić information content (AvgIpc) is 3.31. The largest absolute Gasteiger partial charge is 0.496 e. The van der Waals surface area contributed by atoms with Crippen molar-refractivity contribution in [2.24, 2.45) is 0 Å². The lowest BCUT2D eigenvalue weighted by Gasteiger charge is -2.12. The number of hydrogen-bond acceptors (Lipinski definition) is 7. The Morgan fingerprint density at radius 1 is 1.03 bits per heavy atom. The molecule has 8 heteroatoms. The summed E-state index contributed by atoms with van der Waals surface area (Å²) in [5.74, 6) is 2.65. The molecule has 2 N–H and O–H groups in total. The lowest BCUT2D eigenvalue weighted by atomic mass is 9.97. The van der Waals surface area contributed by atoms with Crippen molar-refractivity contribution in [3.8, 4) is 28.3 Å². The molecule has 0 atom stereocenters. The number of benzene rings is 3. The van der Waals surface area contributed by atoms with Gasteiger partial charge in [0.1, 0.15) is 5.75 Å². The molecule has 0 radical (unpaired) electrons. The zero-order valence-electron chi connectivity index (χ0n) is 20.2. The molecule has 1 heterocycles. The topological polar surface area (TPSA) is 89.3 Å². The fourth-order valence-corrected chi connectivity index (χ4v) is 4.71. The third-order valence-electron chi connectivity index (χ3n) is 5.50. The Morgan fingerprint density at radius 3 is 2.46 bits per heavy atom. The number of hydrogen-bond donors (Lipinski definition) is 2. The van der Waals surface area contributed by atoms with E-state index < -0.39 is 0 Å². The zero-order valence-corrected chi connectivity index (χ0v) is 21.0. The van der Waals surface area contributed by atoms with Crippen molar-refractivity contribution < 1.29 is 14.1 Å². The average molecular weight is 489 g/mol. The van der Waals surface area contributed by atoms with Crippen LogP contribution in [0, 0.1) is 13.8 Å². The monoisotopic (exact) mass is 488 g/mol. The SMILES string of the molecule is CNCCSc1cc(NC(=O)c2ccc(-c3ccc(-c4noc(C)n4)cc3C)cc2)ccc1OC. The number of aryl methyl sites for hydroxylation is 2. The van der Waals surface area contributed by atoms with Gasteiger partial charge in [0.2, 0.25) is 11.7 Å². The fraction of sp³-hybridized carbons (Fsp3) is 0.222. The first kappa shape index (κ1) is 24.5. The minimum atomic E-state index is -0.160. The number of methoxy groups -OCH3 is 1. The van der Waals surface area contributed by atoms with Gasteiger partial charge in [-0.05, 0) is 67.1 Å². The van der Waals surface area contributed by atoms with E-state index in [2.05, 4.69) is 20.8 Å². The highest BCUT2D eigenvalue weighted by Gasteiger charge is 2.12. The van der Waals surface area contributed by atoms with E-state index in [0.29, 0.717) is 17.3 Å². The summed E-state index contributed by atoms with van der Waals surface area (Å²) in [6.07, 6.45) is 0. The van der Waals surface area contributed by atoms with Gasteiger partial charge < -0.3 is 19.9 Å². The quantitative estimate of drug-likeness (QED) is 0.234. The molecule has 0 aliphatic rings. The van der Waals surface area contributed by atoms with Crippen molar-refractivity contribution in [1.82, 2.24) is 15.5 Å². The van der Waals surface area contributed by atoms with E-state index >= 15 is 0 Å². The zero-order chi connectivity index (χ0) is 24.8. The summed E-state index contributed by atoms with van der Waals surface area (Å²) >= 11 is 1.68. The molecule has 1 amide bonds. The Morgan fingerprint density at radius 2 is 1.80 bits per heavy atom. The summed E-state index contributed by atoms with van der Waals surface area (Å²) in [6.45, 7) is 4.70. The van der Waals surface area contributed by atoms with E-state index in [1.54, 1.807) is 25.8 Å². The molecule has 0 unspecified atom stereocenters. The second-order valence-electron chi connectivity index (χ2n) is 8.02. The molecular weight excluding hydrogens is 460 g/mol. The van der Waals surface area contributed by atoms with Gasteiger partial charge in [-0.3, -0.25) is 4.79 Å². The molecule has 0 aliphatic carbocycles. The molecule has 180 valence electrons. The van der Waals surface area contributed by atoms with Gasteiger partial charge in [0.05, 0.1) is 12.0 Å². The number of ether oxygens (including phenoxy) is 1. The van der Waals surface area contributed by atoms with Crippen LogP contribution in [-0.4, -0.2) is 42.5 Å². The van der Waals surface area contributed by atoms with Crippen LogP contribution in [0.2, 0.25) is 0 Å². The molecule has 0 saturated heterocycles. The first-order chi connectivity index (χ1) is 17.0. The molecule has 0 saturated carbocycles. The Kier molecular flexibility index (Phi) is 7.84. The van der Waals surface area contributed by atoms with Crippen LogP contribution in [0.25, 0.3) is 22.5 Å². The summed E-state index contributed by atoms with van der Waals surface area (Å²) in [6, 6.07) is 19.3.